The highest BCUT2D eigenvalue weighted by molar-refractivity contribution is 7.92. The van der Waals surface area contributed by atoms with Crippen LogP contribution in [-0.4, -0.2) is 81.0 Å². The number of hydrogen-bond donors (Lipinski definition) is 4. The fraction of sp³-hybridized carbons (Fsp3) is 0.333. The molecule has 5 N–H and O–H groups in total. The van der Waals surface area contributed by atoms with Crippen LogP contribution in [0.3, 0.4) is 0 Å². The van der Waals surface area contributed by atoms with E-state index in [1.54, 1.807) is 59.5 Å². The molecule has 11 heteroatoms. The third-order valence-corrected chi connectivity index (χ3v) is 8.83. The van der Waals surface area contributed by atoms with Crippen LogP contribution in [0.15, 0.2) is 83.8 Å². The van der Waals surface area contributed by atoms with E-state index in [2.05, 4.69) is 10.6 Å². The number of amides is 2. The van der Waals surface area contributed by atoms with Crippen LogP contribution < -0.4 is 16.4 Å². The zero-order chi connectivity index (χ0) is 29.2. The fourth-order valence-corrected chi connectivity index (χ4v) is 5.72. The van der Waals surface area contributed by atoms with Crippen molar-refractivity contribution in [2.45, 2.75) is 29.2 Å². The number of hydrogen-bond acceptors (Lipinski definition) is 8. The molecule has 1 fully saturated rings. The summed E-state index contributed by atoms with van der Waals surface area (Å²) in [4.78, 5) is 28.2. The molecule has 0 bridgehead atoms. The Hall–Kier alpha value is -3.77. The topological polar surface area (TPSA) is 151 Å². The Morgan fingerprint density at radius 1 is 0.927 bits per heavy atom. The Morgan fingerprint density at radius 2 is 1.56 bits per heavy atom. The number of phenolic OH excluding ortho intramolecular Hbond substituents is 1. The van der Waals surface area contributed by atoms with Crippen molar-refractivity contribution < 1.29 is 27.9 Å². The Bertz CT molecular complexity index is 1390. The molecule has 0 saturated carbocycles. The van der Waals surface area contributed by atoms with Crippen molar-refractivity contribution in [2.24, 2.45) is 5.73 Å². The molecule has 3 aromatic carbocycles. The second-order valence-corrected chi connectivity index (χ2v) is 12.1. The molecule has 0 aliphatic carbocycles. The predicted molar refractivity (Wildman–Crippen MR) is 155 cm³/mol. The van der Waals surface area contributed by atoms with Crippen LogP contribution in [0.4, 0.5) is 4.79 Å². The number of nitrogens with zero attached hydrogens (tertiary/aromatic N) is 1. The monoisotopic (exact) mass is 580 g/mol. The normalized spacial score (nSPS) is 15.2. The van der Waals surface area contributed by atoms with Gasteiger partial charge in [-0.25, -0.2) is 13.2 Å². The van der Waals surface area contributed by atoms with Crippen LogP contribution in [0.5, 0.6) is 5.75 Å². The van der Waals surface area contributed by atoms with Crippen LogP contribution in [0.1, 0.15) is 21.5 Å². The number of aromatic hydroxyl groups is 1. The maximum Gasteiger partial charge on any atom is 0.318 e. The number of sulfone groups is 1. The van der Waals surface area contributed by atoms with Crippen LogP contribution in [0.2, 0.25) is 0 Å². The number of carbonyl (C=O) groups excluding carboxylic acids is 2. The number of ketones is 1. The molecule has 218 valence electrons. The summed E-state index contributed by atoms with van der Waals surface area (Å²) in [5.41, 5.74) is 8.17. The minimum Gasteiger partial charge on any atom is -0.508 e. The van der Waals surface area contributed by atoms with Gasteiger partial charge in [0.2, 0.25) is 0 Å². The minimum atomic E-state index is -3.62. The number of phenols is 1. The lowest BCUT2D eigenvalue weighted by Crippen LogP contribution is -2.51. The van der Waals surface area contributed by atoms with Gasteiger partial charge >= 0.3 is 6.03 Å². The largest absolute Gasteiger partial charge is 0.508 e. The molecule has 0 radical (unpaired) electrons. The van der Waals surface area contributed by atoms with Crippen LogP contribution >= 0.6 is 0 Å². The van der Waals surface area contributed by atoms with E-state index in [9.17, 15) is 23.1 Å². The molecule has 3 aromatic rings. The molecule has 0 aromatic heterocycles. The maximum absolute atomic E-state index is 13.5. The van der Waals surface area contributed by atoms with Gasteiger partial charge < -0.3 is 31.1 Å². The van der Waals surface area contributed by atoms with Crippen molar-refractivity contribution >= 4 is 21.7 Å². The van der Waals surface area contributed by atoms with E-state index in [0.29, 0.717) is 44.8 Å². The summed E-state index contributed by atoms with van der Waals surface area (Å²) in [6.07, 6.45) is 0.879. The molecule has 1 unspecified atom stereocenters. The lowest BCUT2D eigenvalue weighted by atomic mass is 9.96. The smallest absolute Gasteiger partial charge is 0.318 e. The van der Waals surface area contributed by atoms with Crippen LogP contribution in [0.25, 0.3) is 0 Å². The van der Waals surface area contributed by atoms with Crippen LogP contribution in [-0.2, 0) is 27.4 Å². The van der Waals surface area contributed by atoms with E-state index in [1.807, 2.05) is 12.1 Å². The molecule has 1 aliphatic heterocycles. The molecule has 1 aliphatic rings. The van der Waals surface area contributed by atoms with Crippen molar-refractivity contribution in [1.82, 2.24) is 15.5 Å². The van der Waals surface area contributed by atoms with Gasteiger partial charge in [0, 0.05) is 31.6 Å². The van der Waals surface area contributed by atoms with Gasteiger partial charge in [-0.05, 0) is 48.4 Å². The van der Waals surface area contributed by atoms with Gasteiger partial charge in [0.25, 0.3) is 0 Å². The quantitative estimate of drug-likeness (QED) is 0.188. The average Bonchev–Trinajstić information content (AvgIpc) is 3.00. The highest BCUT2D eigenvalue weighted by Gasteiger charge is 2.26. The first-order valence-corrected chi connectivity index (χ1v) is 15.1. The number of Topliss-reactive ketones (excluding diaryl/α,β-unsaturated/α-hetero) is 1. The second-order valence-electron chi connectivity index (χ2n) is 9.88. The molecule has 4 rings (SSSR count). The lowest BCUT2D eigenvalue weighted by Gasteiger charge is -2.29. The first kappa shape index (κ1) is 30.2. The molecule has 10 nitrogen and oxygen atoms in total. The molecular formula is C30H36N4O6S. The summed E-state index contributed by atoms with van der Waals surface area (Å²) < 4.78 is 30.5. The Balaban J connectivity index is 1.34. The molecular weight excluding hydrogens is 544 g/mol. The standard InChI is InChI=1S/C30H36N4O6S/c31-28(41(38,39)26-4-2-1-3-5-26)21-32-15-14-22-6-10-24(11-7-22)29(36)27(20-23-8-12-25(35)13-9-23)33-30(37)34-16-18-40-19-17-34/h1-13,27-28,32,35H,14-21,31H2,(H,33,37)/t27-,28?/m0/s1. The number of nitrogens with two attached hydrogens (primary N) is 1. The van der Waals surface area contributed by atoms with E-state index in [4.69, 9.17) is 10.5 Å². The second kappa shape index (κ2) is 14.2. The van der Waals surface area contributed by atoms with E-state index < -0.39 is 21.3 Å². The highest BCUT2D eigenvalue weighted by atomic mass is 32.2. The zero-order valence-corrected chi connectivity index (χ0v) is 23.6. The number of morpholine rings is 1. The first-order valence-electron chi connectivity index (χ1n) is 13.5. The van der Waals surface area contributed by atoms with Crippen molar-refractivity contribution in [3.63, 3.8) is 0 Å². The summed E-state index contributed by atoms with van der Waals surface area (Å²) >= 11 is 0. The van der Waals surface area contributed by atoms with Gasteiger partial charge in [-0.3, -0.25) is 4.79 Å². The molecule has 41 heavy (non-hydrogen) atoms. The molecule has 2 atom stereocenters. The summed E-state index contributed by atoms with van der Waals surface area (Å²) in [5, 5.41) is 14.5. The number of benzene rings is 3. The average molecular weight is 581 g/mol. The van der Waals surface area contributed by atoms with Gasteiger partial charge in [-0.15, -0.1) is 0 Å². The molecule has 0 spiro atoms. The highest BCUT2D eigenvalue weighted by Crippen LogP contribution is 2.16. The SMILES string of the molecule is NC(CNCCc1ccc(C(=O)[C@H](Cc2ccc(O)cc2)NC(=O)N2CCOCC2)cc1)S(=O)(=O)c1ccccc1. The van der Waals surface area contributed by atoms with Crippen molar-refractivity contribution in [3.8, 4) is 5.75 Å². The van der Waals surface area contributed by atoms with Gasteiger partial charge in [-0.2, -0.15) is 0 Å². The predicted octanol–water partition coefficient (Wildman–Crippen LogP) is 2.12. The van der Waals surface area contributed by atoms with Crippen molar-refractivity contribution in [2.75, 3.05) is 39.4 Å². The maximum atomic E-state index is 13.5. The van der Waals surface area contributed by atoms with Gasteiger partial charge in [0.1, 0.15) is 11.1 Å². The molecule has 2 amide bonds. The van der Waals surface area contributed by atoms with E-state index in [-0.39, 0.29) is 35.4 Å². The zero-order valence-electron chi connectivity index (χ0n) is 22.7. The summed E-state index contributed by atoms with van der Waals surface area (Å²) in [6, 6.07) is 20.7. The summed E-state index contributed by atoms with van der Waals surface area (Å²) in [6.45, 7) is 2.43. The summed E-state index contributed by atoms with van der Waals surface area (Å²) in [5.74, 6) is -0.0969. The van der Waals surface area contributed by atoms with E-state index >= 15 is 0 Å². The van der Waals surface area contributed by atoms with E-state index in [0.717, 1.165) is 11.1 Å². The molecule has 1 heterocycles. The van der Waals surface area contributed by atoms with Gasteiger partial charge in [0.15, 0.2) is 15.6 Å². The minimum absolute atomic E-state index is 0.107. The third-order valence-electron chi connectivity index (χ3n) is 6.93. The van der Waals surface area contributed by atoms with Gasteiger partial charge in [0.05, 0.1) is 24.2 Å². The Labute approximate surface area is 240 Å². The van der Waals surface area contributed by atoms with Crippen LogP contribution in [0, 0.1) is 0 Å². The molecule has 1 saturated heterocycles. The van der Waals surface area contributed by atoms with Gasteiger partial charge in [-0.1, -0.05) is 54.6 Å². The lowest BCUT2D eigenvalue weighted by molar-refractivity contribution is 0.0522. The number of carbonyl (C=O) groups is 2. The van der Waals surface area contributed by atoms with Crippen molar-refractivity contribution in [1.29, 1.82) is 0 Å². The number of nitrogens with one attached hydrogen (secondary N) is 2. The number of rotatable bonds is 12. The Morgan fingerprint density at radius 3 is 2.22 bits per heavy atom. The number of urea groups is 1. The Kier molecular flexibility index (Phi) is 10.5. The fourth-order valence-electron chi connectivity index (χ4n) is 4.49. The van der Waals surface area contributed by atoms with Crippen molar-refractivity contribution in [3.05, 3.63) is 95.6 Å². The van der Waals surface area contributed by atoms with E-state index in [1.165, 1.54) is 12.1 Å². The third kappa shape index (κ3) is 8.37. The number of ether oxygens (including phenoxy) is 1. The first-order chi connectivity index (χ1) is 19.7. The summed E-state index contributed by atoms with van der Waals surface area (Å²) in [7, 11) is -3.62.